The quantitative estimate of drug-likeness (QED) is 0.622. The van der Waals surface area contributed by atoms with E-state index in [2.05, 4.69) is 0 Å². The minimum atomic E-state index is -6.53. The Labute approximate surface area is 115 Å². The van der Waals surface area contributed by atoms with E-state index >= 15 is 0 Å². The SMILES string of the molecule is CN(C)c1ccc(C(=O)C(F)(F)C(F)(F)C(F)(F)F)cc1. The lowest BCUT2D eigenvalue weighted by Gasteiger charge is -2.27. The minimum absolute atomic E-state index is 0.456. The zero-order chi connectivity index (χ0) is 16.6. The Bertz CT molecular complexity index is 519. The van der Waals surface area contributed by atoms with Gasteiger partial charge < -0.3 is 4.90 Å². The highest BCUT2D eigenvalue weighted by Crippen LogP contribution is 2.47. The molecule has 0 radical (unpaired) electrons. The third-order valence-electron chi connectivity index (χ3n) is 2.68. The lowest BCUT2D eigenvalue weighted by Crippen LogP contribution is -2.56. The van der Waals surface area contributed by atoms with Crippen molar-refractivity contribution in [1.29, 1.82) is 0 Å². The summed E-state index contributed by atoms with van der Waals surface area (Å²) in [5, 5.41) is 0. The van der Waals surface area contributed by atoms with Gasteiger partial charge in [0.25, 0.3) is 0 Å². The third kappa shape index (κ3) is 2.96. The number of ketones is 1. The molecule has 0 atom stereocenters. The van der Waals surface area contributed by atoms with Gasteiger partial charge in [0, 0.05) is 25.3 Å². The van der Waals surface area contributed by atoms with E-state index < -0.39 is 29.4 Å². The van der Waals surface area contributed by atoms with Crippen LogP contribution in [0.15, 0.2) is 24.3 Å². The van der Waals surface area contributed by atoms with Crippen molar-refractivity contribution in [2.45, 2.75) is 18.0 Å². The molecule has 0 aliphatic rings. The highest BCUT2D eigenvalue weighted by molar-refractivity contribution is 6.02. The molecule has 0 aliphatic carbocycles. The van der Waals surface area contributed by atoms with Gasteiger partial charge in [-0.2, -0.15) is 30.7 Å². The van der Waals surface area contributed by atoms with Gasteiger partial charge in [-0.15, -0.1) is 0 Å². The van der Waals surface area contributed by atoms with Crippen molar-refractivity contribution in [3.63, 3.8) is 0 Å². The highest BCUT2D eigenvalue weighted by atomic mass is 19.4. The second kappa shape index (κ2) is 5.19. The first-order valence-electron chi connectivity index (χ1n) is 5.47. The highest BCUT2D eigenvalue weighted by Gasteiger charge is 2.76. The number of halogens is 7. The van der Waals surface area contributed by atoms with E-state index in [1.165, 1.54) is 4.90 Å². The molecule has 0 aromatic heterocycles. The number of alkyl halides is 7. The Balaban J connectivity index is 3.17. The van der Waals surface area contributed by atoms with Crippen LogP contribution in [0.4, 0.5) is 36.4 Å². The molecule has 0 saturated carbocycles. The summed E-state index contributed by atoms with van der Waals surface area (Å²) >= 11 is 0. The van der Waals surface area contributed by atoms with Crippen LogP contribution in [0.5, 0.6) is 0 Å². The van der Waals surface area contributed by atoms with Gasteiger partial charge in [0.2, 0.25) is 5.78 Å². The fourth-order valence-electron chi connectivity index (χ4n) is 1.41. The third-order valence-corrected chi connectivity index (χ3v) is 2.68. The average molecular weight is 317 g/mol. The Kier molecular flexibility index (Phi) is 4.27. The fraction of sp³-hybridized carbons (Fsp3) is 0.417. The Morgan fingerprint density at radius 2 is 1.33 bits per heavy atom. The Hall–Kier alpha value is -1.80. The summed E-state index contributed by atoms with van der Waals surface area (Å²) in [5.41, 5.74) is -0.480. The van der Waals surface area contributed by atoms with Crippen molar-refractivity contribution in [3.8, 4) is 0 Å². The van der Waals surface area contributed by atoms with Gasteiger partial charge in [0.1, 0.15) is 0 Å². The largest absolute Gasteiger partial charge is 0.460 e. The molecule has 0 aliphatic heterocycles. The van der Waals surface area contributed by atoms with Gasteiger partial charge >= 0.3 is 18.0 Å². The van der Waals surface area contributed by atoms with Crippen LogP contribution in [0.3, 0.4) is 0 Å². The molecule has 1 aromatic carbocycles. The first kappa shape index (κ1) is 17.3. The molecule has 9 heteroatoms. The monoisotopic (exact) mass is 317 g/mol. The molecule has 1 aromatic rings. The van der Waals surface area contributed by atoms with E-state index in [1.807, 2.05) is 0 Å². The summed E-state index contributed by atoms with van der Waals surface area (Å²) in [7, 11) is 3.17. The van der Waals surface area contributed by atoms with Gasteiger partial charge in [-0.3, -0.25) is 4.79 Å². The second-order valence-electron chi connectivity index (χ2n) is 4.42. The standard InChI is InChI=1S/C12H10F7NO/c1-20(2)8-5-3-7(4-6-8)9(21)10(13,14)11(15,16)12(17,18)19/h3-6H,1-2H3. The summed E-state index contributed by atoms with van der Waals surface area (Å²) < 4.78 is 87.9. The van der Waals surface area contributed by atoms with E-state index in [1.54, 1.807) is 14.1 Å². The second-order valence-corrected chi connectivity index (χ2v) is 4.42. The molecule has 118 valence electrons. The molecule has 0 unspecified atom stereocenters. The molecular weight excluding hydrogens is 307 g/mol. The van der Waals surface area contributed by atoms with Crippen molar-refractivity contribution < 1.29 is 35.5 Å². The summed E-state index contributed by atoms with van der Waals surface area (Å²) in [5.74, 6) is -14.9. The summed E-state index contributed by atoms with van der Waals surface area (Å²) in [6.45, 7) is 0. The van der Waals surface area contributed by atoms with Crippen molar-refractivity contribution in [1.82, 2.24) is 0 Å². The van der Waals surface area contributed by atoms with E-state index in [4.69, 9.17) is 0 Å². The van der Waals surface area contributed by atoms with Crippen LogP contribution in [-0.4, -0.2) is 37.9 Å². The van der Waals surface area contributed by atoms with E-state index in [0.29, 0.717) is 5.69 Å². The zero-order valence-electron chi connectivity index (χ0n) is 10.8. The first-order chi connectivity index (χ1) is 9.32. The molecule has 0 spiro atoms. The predicted molar refractivity (Wildman–Crippen MR) is 61.0 cm³/mol. The van der Waals surface area contributed by atoms with Gasteiger partial charge in [0.15, 0.2) is 0 Å². The molecule has 0 heterocycles. The number of nitrogens with zero attached hydrogens (tertiary/aromatic N) is 1. The van der Waals surface area contributed by atoms with Gasteiger partial charge in [-0.1, -0.05) is 0 Å². The molecule has 0 N–H and O–H groups in total. The molecule has 0 bridgehead atoms. The number of carbonyl (C=O) groups excluding carboxylic acids is 1. The molecule has 21 heavy (non-hydrogen) atoms. The maximum atomic E-state index is 13.2. The Morgan fingerprint density at radius 3 is 1.67 bits per heavy atom. The number of hydrogen-bond donors (Lipinski definition) is 0. The van der Waals surface area contributed by atoms with Crippen molar-refractivity contribution in [2.24, 2.45) is 0 Å². The predicted octanol–water partition coefficient (Wildman–Crippen LogP) is 3.77. The van der Waals surface area contributed by atoms with Crippen molar-refractivity contribution >= 4 is 11.5 Å². The van der Waals surface area contributed by atoms with Gasteiger partial charge in [-0.25, -0.2) is 0 Å². The first-order valence-corrected chi connectivity index (χ1v) is 5.47. The van der Waals surface area contributed by atoms with E-state index in [9.17, 15) is 35.5 Å². The van der Waals surface area contributed by atoms with E-state index in [0.717, 1.165) is 24.3 Å². The van der Waals surface area contributed by atoms with Crippen LogP contribution in [0.25, 0.3) is 0 Å². The normalized spacial score (nSPS) is 13.2. The maximum absolute atomic E-state index is 13.2. The van der Waals surface area contributed by atoms with Crippen LogP contribution in [0.1, 0.15) is 10.4 Å². The smallest absolute Gasteiger partial charge is 0.378 e. The average Bonchev–Trinajstić information content (AvgIpc) is 2.36. The van der Waals surface area contributed by atoms with Crippen LogP contribution < -0.4 is 4.90 Å². The number of carbonyl (C=O) groups is 1. The van der Waals surface area contributed by atoms with Gasteiger partial charge in [-0.05, 0) is 24.3 Å². The van der Waals surface area contributed by atoms with Crippen LogP contribution in [0, 0.1) is 0 Å². The maximum Gasteiger partial charge on any atom is 0.460 e. The minimum Gasteiger partial charge on any atom is -0.378 e. The number of anilines is 1. The molecule has 0 amide bonds. The topological polar surface area (TPSA) is 20.3 Å². The summed E-state index contributed by atoms with van der Waals surface area (Å²) in [4.78, 5) is 12.8. The van der Waals surface area contributed by atoms with Crippen molar-refractivity contribution in [3.05, 3.63) is 29.8 Å². The molecule has 0 fully saturated rings. The number of hydrogen-bond acceptors (Lipinski definition) is 2. The lowest BCUT2D eigenvalue weighted by atomic mass is 9.99. The van der Waals surface area contributed by atoms with E-state index in [-0.39, 0.29) is 0 Å². The van der Waals surface area contributed by atoms with Crippen LogP contribution in [0.2, 0.25) is 0 Å². The molecule has 0 saturated heterocycles. The van der Waals surface area contributed by atoms with Crippen molar-refractivity contribution in [2.75, 3.05) is 19.0 Å². The number of Topliss-reactive ketones (excluding diaryl/α,β-unsaturated/α-hetero) is 1. The number of benzene rings is 1. The Morgan fingerprint density at radius 1 is 0.905 bits per heavy atom. The number of rotatable bonds is 4. The fourth-order valence-corrected chi connectivity index (χ4v) is 1.41. The van der Waals surface area contributed by atoms with Crippen LogP contribution in [-0.2, 0) is 0 Å². The summed E-state index contributed by atoms with van der Waals surface area (Å²) in [6.07, 6.45) is -6.53. The zero-order valence-corrected chi connectivity index (χ0v) is 10.8. The molecule has 2 nitrogen and oxygen atoms in total. The lowest BCUT2D eigenvalue weighted by molar-refractivity contribution is -0.339. The summed E-state index contributed by atoms with van der Waals surface area (Å²) in [6, 6.07) is 3.82. The van der Waals surface area contributed by atoms with Gasteiger partial charge in [0.05, 0.1) is 0 Å². The molecular formula is C12H10F7NO. The molecule has 1 rings (SSSR count). The van der Waals surface area contributed by atoms with Crippen LogP contribution >= 0.6 is 0 Å².